The standard InChI is InChI=1S/C20H32O2/c1-7-9-18(21)11-14(3)12-19-15(4)13-20(22-10-8-2)17(6)16(19)5/h13-14H,7-12H2,1-6H3. The van der Waals surface area contributed by atoms with Crippen LogP contribution in [0.1, 0.15) is 68.7 Å². The van der Waals surface area contributed by atoms with Gasteiger partial charge in [-0.25, -0.2) is 0 Å². The molecule has 0 bridgehead atoms. The van der Waals surface area contributed by atoms with E-state index >= 15 is 0 Å². The topological polar surface area (TPSA) is 26.3 Å². The van der Waals surface area contributed by atoms with Gasteiger partial charge in [0.2, 0.25) is 0 Å². The summed E-state index contributed by atoms with van der Waals surface area (Å²) in [5, 5.41) is 0. The minimum atomic E-state index is 0.393. The molecule has 1 aromatic rings. The van der Waals surface area contributed by atoms with Crippen molar-refractivity contribution < 1.29 is 9.53 Å². The summed E-state index contributed by atoms with van der Waals surface area (Å²) in [6, 6.07) is 2.16. The van der Waals surface area contributed by atoms with Crippen LogP contribution in [-0.4, -0.2) is 12.4 Å². The lowest BCUT2D eigenvalue weighted by molar-refractivity contribution is -0.119. The summed E-state index contributed by atoms with van der Waals surface area (Å²) in [6.45, 7) is 13.6. The van der Waals surface area contributed by atoms with Crippen LogP contribution in [0.3, 0.4) is 0 Å². The lowest BCUT2D eigenvalue weighted by Crippen LogP contribution is -2.10. The molecule has 0 amide bonds. The molecule has 1 atom stereocenters. The number of ether oxygens (including phenoxy) is 1. The Kier molecular flexibility index (Phi) is 7.64. The molecular weight excluding hydrogens is 272 g/mol. The van der Waals surface area contributed by atoms with E-state index in [0.29, 0.717) is 24.5 Å². The normalized spacial score (nSPS) is 12.3. The second-order valence-electron chi connectivity index (χ2n) is 6.57. The zero-order chi connectivity index (χ0) is 16.7. The highest BCUT2D eigenvalue weighted by Gasteiger charge is 2.15. The number of carbonyl (C=O) groups excluding carboxylic acids is 1. The van der Waals surface area contributed by atoms with Gasteiger partial charge in [-0.1, -0.05) is 20.8 Å². The van der Waals surface area contributed by atoms with Crippen LogP contribution in [0, 0.1) is 26.7 Å². The number of carbonyl (C=O) groups is 1. The van der Waals surface area contributed by atoms with Gasteiger partial charge in [0.1, 0.15) is 11.5 Å². The van der Waals surface area contributed by atoms with Crippen molar-refractivity contribution in [3.05, 3.63) is 28.3 Å². The van der Waals surface area contributed by atoms with Gasteiger partial charge in [0.05, 0.1) is 6.61 Å². The number of benzene rings is 1. The second kappa shape index (κ2) is 8.97. The minimum absolute atomic E-state index is 0.393. The van der Waals surface area contributed by atoms with Crippen molar-refractivity contribution in [2.45, 2.75) is 73.6 Å². The molecule has 0 aliphatic carbocycles. The van der Waals surface area contributed by atoms with Gasteiger partial charge in [-0.3, -0.25) is 4.79 Å². The average molecular weight is 304 g/mol. The predicted octanol–water partition coefficient (Wildman–Crippen LogP) is 5.34. The highest BCUT2D eigenvalue weighted by Crippen LogP contribution is 2.30. The lowest BCUT2D eigenvalue weighted by Gasteiger charge is -2.19. The summed E-state index contributed by atoms with van der Waals surface area (Å²) in [5.74, 6) is 1.80. The molecule has 2 heteroatoms. The summed E-state index contributed by atoms with van der Waals surface area (Å²) in [4.78, 5) is 11.8. The van der Waals surface area contributed by atoms with E-state index in [0.717, 1.165) is 31.6 Å². The largest absolute Gasteiger partial charge is 0.493 e. The van der Waals surface area contributed by atoms with Gasteiger partial charge in [-0.2, -0.15) is 0 Å². The van der Waals surface area contributed by atoms with Gasteiger partial charge >= 0.3 is 0 Å². The van der Waals surface area contributed by atoms with E-state index < -0.39 is 0 Å². The maximum absolute atomic E-state index is 11.8. The van der Waals surface area contributed by atoms with Gasteiger partial charge in [0, 0.05) is 12.8 Å². The fraction of sp³-hybridized carbons (Fsp3) is 0.650. The number of hydrogen-bond acceptors (Lipinski definition) is 2. The second-order valence-corrected chi connectivity index (χ2v) is 6.57. The summed E-state index contributed by atoms with van der Waals surface area (Å²) in [5.41, 5.74) is 5.23. The molecule has 0 radical (unpaired) electrons. The molecule has 2 nitrogen and oxygen atoms in total. The Labute approximate surface area is 136 Å². The third-order valence-electron chi connectivity index (χ3n) is 4.33. The molecule has 0 aliphatic rings. The van der Waals surface area contributed by atoms with Crippen molar-refractivity contribution in [1.82, 2.24) is 0 Å². The van der Waals surface area contributed by atoms with Gasteiger partial charge in [0.15, 0.2) is 0 Å². The molecule has 0 heterocycles. The van der Waals surface area contributed by atoms with E-state index in [4.69, 9.17) is 4.74 Å². The van der Waals surface area contributed by atoms with Crippen molar-refractivity contribution in [3.63, 3.8) is 0 Å². The third-order valence-corrected chi connectivity index (χ3v) is 4.33. The molecule has 1 aromatic carbocycles. The number of ketones is 1. The zero-order valence-corrected chi connectivity index (χ0v) is 15.2. The summed E-state index contributed by atoms with van der Waals surface area (Å²) in [6.07, 6.45) is 4.36. The Morgan fingerprint density at radius 1 is 1.14 bits per heavy atom. The molecule has 0 spiro atoms. The molecule has 0 N–H and O–H groups in total. The quantitative estimate of drug-likeness (QED) is 0.615. The van der Waals surface area contributed by atoms with E-state index in [-0.39, 0.29) is 0 Å². The summed E-state index contributed by atoms with van der Waals surface area (Å²) < 4.78 is 5.85. The van der Waals surface area contributed by atoms with E-state index in [1.165, 1.54) is 22.3 Å². The Morgan fingerprint density at radius 3 is 2.41 bits per heavy atom. The first-order chi connectivity index (χ1) is 10.4. The molecule has 0 fully saturated rings. The number of aryl methyl sites for hydroxylation is 1. The first kappa shape index (κ1) is 18.7. The fourth-order valence-electron chi connectivity index (χ4n) is 2.97. The zero-order valence-electron chi connectivity index (χ0n) is 15.2. The summed E-state index contributed by atoms with van der Waals surface area (Å²) >= 11 is 0. The molecule has 0 saturated heterocycles. The first-order valence-electron chi connectivity index (χ1n) is 8.64. The van der Waals surface area contributed by atoms with Crippen molar-refractivity contribution in [3.8, 4) is 5.75 Å². The Hall–Kier alpha value is -1.31. The molecule has 1 unspecified atom stereocenters. The van der Waals surface area contributed by atoms with Crippen LogP contribution in [0.2, 0.25) is 0 Å². The molecule has 0 aliphatic heterocycles. The van der Waals surface area contributed by atoms with Crippen LogP contribution in [0.25, 0.3) is 0 Å². The average Bonchev–Trinajstić information content (AvgIpc) is 2.46. The van der Waals surface area contributed by atoms with Crippen molar-refractivity contribution in [2.24, 2.45) is 5.92 Å². The lowest BCUT2D eigenvalue weighted by atomic mass is 9.88. The van der Waals surface area contributed by atoms with Crippen LogP contribution in [0.15, 0.2) is 6.07 Å². The van der Waals surface area contributed by atoms with Crippen LogP contribution in [-0.2, 0) is 11.2 Å². The number of rotatable bonds is 9. The van der Waals surface area contributed by atoms with Crippen molar-refractivity contribution in [1.29, 1.82) is 0 Å². The minimum Gasteiger partial charge on any atom is -0.493 e. The Bertz CT molecular complexity index is 503. The van der Waals surface area contributed by atoms with Gasteiger partial charge < -0.3 is 4.74 Å². The van der Waals surface area contributed by atoms with E-state index in [2.05, 4.69) is 47.6 Å². The predicted molar refractivity (Wildman–Crippen MR) is 93.8 cm³/mol. The van der Waals surface area contributed by atoms with Crippen LogP contribution >= 0.6 is 0 Å². The van der Waals surface area contributed by atoms with E-state index in [1.807, 2.05) is 0 Å². The van der Waals surface area contributed by atoms with Crippen LogP contribution in [0.4, 0.5) is 0 Å². The van der Waals surface area contributed by atoms with Gasteiger partial charge in [-0.05, 0) is 74.3 Å². The maximum Gasteiger partial charge on any atom is 0.133 e. The SMILES string of the molecule is CCCOc1cc(C)c(CC(C)CC(=O)CCC)c(C)c1C. The highest BCUT2D eigenvalue weighted by molar-refractivity contribution is 5.78. The summed E-state index contributed by atoms with van der Waals surface area (Å²) in [7, 11) is 0. The Morgan fingerprint density at radius 2 is 1.82 bits per heavy atom. The Balaban J connectivity index is 2.87. The van der Waals surface area contributed by atoms with Crippen molar-refractivity contribution in [2.75, 3.05) is 6.61 Å². The number of Topliss-reactive ketones (excluding diaryl/α,β-unsaturated/α-hetero) is 1. The smallest absolute Gasteiger partial charge is 0.133 e. The van der Waals surface area contributed by atoms with E-state index in [1.54, 1.807) is 0 Å². The molecule has 1 rings (SSSR count). The van der Waals surface area contributed by atoms with Crippen LogP contribution < -0.4 is 4.74 Å². The van der Waals surface area contributed by atoms with Crippen molar-refractivity contribution >= 4 is 5.78 Å². The fourth-order valence-corrected chi connectivity index (χ4v) is 2.97. The molecular formula is C20H32O2. The molecule has 124 valence electrons. The first-order valence-corrected chi connectivity index (χ1v) is 8.64. The van der Waals surface area contributed by atoms with Gasteiger partial charge in [0.25, 0.3) is 0 Å². The molecule has 0 aromatic heterocycles. The van der Waals surface area contributed by atoms with E-state index in [9.17, 15) is 4.79 Å². The monoisotopic (exact) mass is 304 g/mol. The highest BCUT2D eigenvalue weighted by atomic mass is 16.5. The van der Waals surface area contributed by atoms with Gasteiger partial charge in [-0.15, -0.1) is 0 Å². The molecule has 0 saturated carbocycles. The maximum atomic E-state index is 11.8. The third kappa shape index (κ3) is 5.15. The van der Waals surface area contributed by atoms with Crippen LogP contribution in [0.5, 0.6) is 5.75 Å². The molecule has 22 heavy (non-hydrogen) atoms. The number of hydrogen-bond donors (Lipinski definition) is 0.